The second-order valence-electron chi connectivity index (χ2n) is 6.53. The summed E-state index contributed by atoms with van der Waals surface area (Å²) in [7, 11) is 0. The summed E-state index contributed by atoms with van der Waals surface area (Å²) in [5.74, 6) is 1.40. The molecule has 0 aliphatic rings. The minimum Gasteiger partial charge on any atom is -0.372 e. The fraction of sp³-hybridized carbons (Fsp3) is 0.286. The van der Waals surface area contributed by atoms with Gasteiger partial charge in [0.15, 0.2) is 5.82 Å². The van der Waals surface area contributed by atoms with Crippen LogP contribution in [0.15, 0.2) is 58.8 Å². The molecule has 0 N–H and O–H groups in total. The number of non-ortho nitro benzene ring substituents is 1. The van der Waals surface area contributed by atoms with E-state index >= 15 is 0 Å². The van der Waals surface area contributed by atoms with Crippen LogP contribution in [0.1, 0.15) is 30.8 Å². The number of aromatic nitrogens is 3. The monoisotopic (exact) mass is 424 g/mol. The number of hydrogen-bond donors (Lipinski definition) is 0. The van der Waals surface area contributed by atoms with E-state index in [-0.39, 0.29) is 5.69 Å². The van der Waals surface area contributed by atoms with Crippen molar-refractivity contribution in [2.75, 3.05) is 18.0 Å². The fourth-order valence-electron chi connectivity index (χ4n) is 3.01. The molecule has 0 saturated heterocycles. The number of hydrogen-bond acceptors (Lipinski definition) is 7. The summed E-state index contributed by atoms with van der Waals surface area (Å²) in [6, 6.07) is 15.0. The van der Waals surface area contributed by atoms with Gasteiger partial charge in [-0.15, -0.1) is 10.2 Å². The van der Waals surface area contributed by atoms with E-state index in [4.69, 9.17) is 0 Å². The van der Waals surface area contributed by atoms with Crippen LogP contribution in [0, 0.1) is 17.0 Å². The lowest BCUT2D eigenvalue weighted by molar-refractivity contribution is -0.384. The average Bonchev–Trinajstić information content (AvgIpc) is 3.12. The number of nitrogens with zero attached hydrogens (tertiary/aromatic N) is 6. The number of aryl methyl sites for hydroxylation is 1. The van der Waals surface area contributed by atoms with Crippen molar-refractivity contribution in [1.82, 2.24) is 14.9 Å². The van der Waals surface area contributed by atoms with Crippen molar-refractivity contribution in [2.45, 2.75) is 31.7 Å². The molecule has 1 aromatic heterocycles. The third kappa shape index (κ3) is 5.04. The third-order valence-corrected chi connectivity index (χ3v) is 5.61. The number of anilines is 1. The molecule has 0 atom stereocenters. The zero-order chi connectivity index (χ0) is 21.5. The van der Waals surface area contributed by atoms with Crippen LogP contribution < -0.4 is 4.90 Å². The molecule has 0 radical (unpaired) electrons. The summed E-state index contributed by atoms with van der Waals surface area (Å²) in [6.07, 6.45) is 1.64. The van der Waals surface area contributed by atoms with Crippen LogP contribution in [0.3, 0.4) is 0 Å². The highest BCUT2D eigenvalue weighted by Crippen LogP contribution is 2.25. The van der Waals surface area contributed by atoms with E-state index in [1.807, 2.05) is 39.0 Å². The molecular weight excluding hydrogens is 400 g/mol. The second-order valence-corrected chi connectivity index (χ2v) is 7.48. The van der Waals surface area contributed by atoms with E-state index in [1.165, 1.54) is 11.6 Å². The summed E-state index contributed by atoms with van der Waals surface area (Å²) in [5.41, 5.74) is 2.80. The first kappa shape index (κ1) is 21.5. The molecule has 0 unspecified atom stereocenters. The van der Waals surface area contributed by atoms with E-state index < -0.39 is 4.92 Å². The van der Waals surface area contributed by atoms with E-state index in [0.717, 1.165) is 24.5 Å². The van der Waals surface area contributed by atoms with Crippen molar-refractivity contribution < 1.29 is 4.92 Å². The van der Waals surface area contributed by atoms with Gasteiger partial charge in [-0.05, 0) is 32.4 Å². The van der Waals surface area contributed by atoms with E-state index in [1.54, 1.807) is 34.8 Å². The Kier molecular flexibility index (Phi) is 7.18. The highest BCUT2D eigenvalue weighted by atomic mass is 32.2. The Balaban J connectivity index is 1.90. The zero-order valence-electron chi connectivity index (χ0n) is 17.2. The van der Waals surface area contributed by atoms with Crippen LogP contribution in [-0.4, -0.2) is 39.1 Å². The number of benzene rings is 2. The molecular formula is C21H24N6O2S. The Morgan fingerprint density at radius 1 is 1.17 bits per heavy atom. The lowest BCUT2D eigenvalue weighted by Crippen LogP contribution is -2.23. The van der Waals surface area contributed by atoms with Crippen LogP contribution >= 0.6 is 11.8 Å². The van der Waals surface area contributed by atoms with Crippen molar-refractivity contribution >= 4 is 29.4 Å². The van der Waals surface area contributed by atoms with Crippen LogP contribution in [0.4, 0.5) is 11.4 Å². The first-order valence-electron chi connectivity index (χ1n) is 9.70. The molecule has 0 bridgehead atoms. The lowest BCUT2D eigenvalue weighted by atomic mass is 10.1. The van der Waals surface area contributed by atoms with Crippen LogP contribution in [0.25, 0.3) is 0 Å². The summed E-state index contributed by atoms with van der Waals surface area (Å²) in [4.78, 5) is 13.0. The van der Waals surface area contributed by atoms with Crippen LogP contribution in [-0.2, 0) is 5.75 Å². The average molecular weight is 425 g/mol. The third-order valence-electron chi connectivity index (χ3n) is 4.62. The van der Waals surface area contributed by atoms with Gasteiger partial charge in [0.1, 0.15) is 0 Å². The number of nitro groups is 1. The molecule has 156 valence electrons. The van der Waals surface area contributed by atoms with Crippen molar-refractivity contribution in [3.63, 3.8) is 0 Å². The maximum absolute atomic E-state index is 11.3. The molecule has 8 nitrogen and oxygen atoms in total. The molecule has 3 rings (SSSR count). The van der Waals surface area contributed by atoms with Crippen molar-refractivity contribution in [3.8, 4) is 0 Å². The van der Waals surface area contributed by atoms with Gasteiger partial charge in [-0.3, -0.25) is 10.1 Å². The molecule has 0 aliphatic heterocycles. The molecule has 0 amide bonds. The Morgan fingerprint density at radius 3 is 2.57 bits per heavy atom. The Hall–Kier alpha value is -3.20. The second kappa shape index (κ2) is 10.0. The predicted molar refractivity (Wildman–Crippen MR) is 120 cm³/mol. The van der Waals surface area contributed by atoms with Gasteiger partial charge in [-0.25, -0.2) is 0 Å². The van der Waals surface area contributed by atoms with Gasteiger partial charge in [0.25, 0.3) is 5.69 Å². The molecule has 9 heteroatoms. The number of nitro benzene ring substituents is 1. The maximum atomic E-state index is 11.3. The Morgan fingerprint density at radius 2 is 1.90 bits per heavy atom. The van der Waals surface area contributed by atoms with Gasteiger partial charge in [0, 0.05) is 42.2 Å². The van der Waals surface area contributed by atoms with Gasteiger partial charge in [0.05, 0.1) is 11.1 Å². The Bertz CT molecular complexity index is 1030. The van der Waals surface area contributed by atoms with Crippen molar-refractivity contribution in [1.29, 1.82) is 0 Å². The van der Waals surface area contributed by atoms with Gasteiger partial charge in [0.2, 0.25) is 5.16 Å². The molecule has 2 aromatic carbocycles. The molecule has 0 saturated carbocycles. The van der Waals surface area contributed by atoms with Crippen molar-refractivity contribution in [2.24, 2.45) is 5.10 Å². The molecule has 1 heterocycles. The minimum absolute atomic E-state index is 0.0338. The molecule has 0 fully saturated rings. The van der Waals surface area contributed by atoms with Crippen molar-refractivity contribution in [3.05, 3.63) is 75.6 Å². The summed E-state index contributed by atoms with van der Waals surface area (Å²) in [6.45, 7) is 7.51. The Labute approximate surface area is 179 Å². The smallest absolute Gasteiger partial charge is 0.270 e. The first-order valence-corrected chi connectivity index (χ1v) is 10.7. The van der Waals surface area contributed by atoms with E-state index in [2.05, 4.69) is 32.3 Å². The highest BCUT2D eigenvalue weighted by molar-refractivity contribution is 7.98. The summed E-state index contributed by atoms with van der Waals surface area (Å²) in [5, 5.41) is 24.8. The molecule has 0 spiro atoms. The summed E-state index contributed by atoms with van der Waals surface area (Å²) < 4.78 is 1.67. The maximum Gasteiger partial charge on any atom is 0.270 e. The number of rotatable bonds is 9. The van der Waals surface area contributed by atoms with Crippen LogP contribution in [0.2, 0.25) is 0 Å². The highest BCUT2D eigenvalue weighted by Gasteiger charge is 2.14. The normalized spacial score (nSPS) is 11.2. The van der Waals surface area contributed by atoms with Gasteiger partial charge in [-0.1, -0.05) is 42.1 Å². The summed E-state index contributed by atoms with van der Waals surface area (Å²) >= 11 is 1.54. The number of thioether (sulfide) groups is 1. The molecule has 0 aliphatic carbocycles. The standard InChI is InChI=1S/C21H24N6O2S/c1-4-25(5-2)20-12-11-19(27(28)29)13-18(20)14-22-26-16(3)23-24-21(26)30-15-17-9-7-6-8-10-17/h6-14H,4-5,15H2,1-3H3/b22-14-. The van der Waals surface area contributed by atoms with Gasteiger partial charge in [-0.2, -0.15) is 9.78 Å². The lowest BCUT2D eigenvalue weighted by Gasteiger charge is -2.22. The fourth-order valence-corrected chi connectivity index (χ4v) is 3.90. The zero-order valence-corrected chi connectivity index (χ0v) is 18.0. The quantitative estimate of drug-likeness (QED) is 0.217. The molecule has 30 heavy (non-hydrogen) atoms. The van der Waals surface area contributed by atoms with E-state index in [9.17, 15) is 10.1 Å². The minimum atomic E-state index is -0.394. The van der Waals surface area contributed by atoms with Crippen LogP contribution in [0.5, 0.6) is 0 Å². The first-order chi connectivity index (χ1) is 14.5. The molecule has 3 aromatic rings. The topological polar surface area (TPSA) is 89.5 Å². The predicted octanol–water partition coefficient (Wildman–Crippen LogP) is 4.52. The largest absolute Gasteiger partial charge is 0.372 e. The SMILES string of the molecule is CCN(CC)c1ccc([N+](=O)[O-])cc1/C=N\n1c(C)nnc1SCc1ccccc1. The van der Waals surface area contributed by atoms with Gasteiger partial charge >= 0.3 is 0 Å². The van der Waals surface area contributed by atoms with E-state index in [0.29, 0.717) is 16.5 Å². The van der Waals surface area contributed by atoms with Gasteiger partial charge < -0.3 is 4.90 Å².